The number of amides is 1. The van der Waals surface area contributed by atoms with Crippen molar-refractivity contribution in [2.45, 2.75) is 26.7 Å². The summed E-state index contributed by atoms with van der Waals surface area (Å²) < 4.78 is 10.2. The van der Waals surface area contributed by atoms with E-state index in [0.717, 1.165) is 30.7 Å². The summed E-state index contributed by atoms with van der Waals surface area (Å²) in [5, 5.41) is 2.64. The van der Waals surface area contributed by atoms with E-state index in [1.165, 1.54) is 0 Å². The third kappa shape index (κ3) is 7.15. The molecule has 1 N–H and O–H groups in total. The highest BCUT2D eigenvalue weighted by Crippen LogP contribution is 2.16. The fourth-order valence-electron chi connectivity index (χ4n) is 1.49. The van der Waals surface area contributed by atoms with Crippen molar-refractivity contribution in [3.63, 3.8) is 0 Å². The number of hydrogen-bond acceptors (Lipinski definition) is 4. The minimum atomic E-state index is -0.535. The zero-order valence-electron chi connectivity index (χ0n) is 12.4. The molecule has 0 heterocycles. The smallest absolute Gasteiger partial charge is 0.330 e. The maximum Gasteiger partial charge on any atom is 0.330 e. The van der Waals surface area contributed by atoms with E-state index in [2.05, 4.69) is 17.0 Å². The summed E-state index contributed by atoms with van der Waals surface area (Å²) in [4.78, 5) is 22.6. The number of ether oxygens (including phenoxy) is 2. The van der Waals surface area contributed by atoms with Crippen LogP contribution in [-0.2, 0) is 14.3 Å². The van der Waals surface area contributed by atoms with E-state index in [1.54, 1.807) is 31.2 Å². The average molecular weight is 291 g/mol. The minimum absolute atomic E-state index is 0.282. The first-order valence-corrected chi connectivity index (χ1v) is 7.04. The van der Waals surface area contributed by atoms with Gasteiger partial charge < -0.3 is 14.8 Å². The van der Waals surface area contributed by atoms with Crippen molar-refractivity contribution in [1.29, 1.82) is 0 Å². The number of unbranched alkanes of at least 4 members (excludes halogenated alkanes) is 1. The van der Waals surface area contributed by atoms with Gasteiger partial charge in [0, 0.05) is 17.8 Å². The number of carbonyl (C=O) groups is 2. The monoisotopic (exact) mass is 291 g/mol. The van der Waals surface area contributed by atoms with E-state index < -0.39 is 5.97 Å². The quantitative estimate of drug-likeness (QED) is 0.454. The first kappa shape index (κ1) is 16.8. The number of benzene rings is 1. The van der Waals surface area contributed by atoms with Gasteiger partial charge in [0.2, 0.25) is 5.91 Å². The molecule has 5 heteroatoms. The summed E-state index contributed by atoms with van der Waals surface area (Å²) in [6, 6.07) is 7.08. The van der Waals surface area contributed by atoms with Crippen LogP contribution in [0, 0.1) is 0 Å². The normalized spacial score (nSPS) is 10.4. The zero-order chi connectivity index (χ0) is 15.5. The molecule has 0 aromatic heterocycles. The predicted octanol–water partition coefficient (Wildman–Crippen LogP) is 2.92. The Bertz CT molecular complexity index is 480. The van der Waals surface area contributed by atoms with Crippen LogP contribution in [0.3, 0.4) is 0 Å². The highest BCUT2D eigenvalue weighted by Gasteiger charge is 2.01. The molecule has 114 valence electrons. The number of esters is 1. The highest BCUT2D eigenvalue weighted by atomic mass is 16.5. The summed E-state index contributed by atoms with van der Waals surface area (Å²) in [7, 11) is 0. The Morgan fingerprint density at radius 3 is 2.48 bits per heavy atom. The molecule has 0 saturated carbocycles. The van der Waals surface area contributed by atoms with Crippen LogP contribution in [0.2, 0.25) is 0 Å². The van der Waals surface area contributed by atoms with Gasteiger partial charge in [0.15, 0.2) is 0 Å². The SMILES string of the molecule is CCCCOc1ccc(NC(=O)/C=C/C(=O)OCC)cc1. The van der Waals surface area contributed by atoms with Crippen LogP contribution in [0.5, 0.6) is 5.75 Å². The van der Waals surface area contributed by atoms with Gasteiger partial charge in [-0.1, -0.05) is 13.3 Å². The van der Waals surface area contributed by atoms with Crippen molar-refractivity contribution in [2.75, 3.05) is 18.5 Å². The average Bonchev–Trinajstić information content (AvgIpc) is 2.48. The van der Waals surface area contributed by atoms with E-state index in [9.17, 15) is 9.59 Å². The summed E-state index contributed by atoms with van der Waals surface area (Å²) in [6.07, 6.45) is 4.34. The molecule has 0 spiro atoms. The van der Waals surface area contributed by atoms with Crippen molar-refractivity contribution in [1.82, 2.24) is 0 Å². The van der Waals surface area contributed by atoms with E-state index in [-0.39, 0.29) is 12.5 Å². The molecule has 0 fully saturated rings. The molecule has 1 aromatic carbocycles. The summed E-state index contributed by atoms with van der Waals surface area (Å²) in [6.45, 7) is 4.77. The summed E-state index contributed by atoms with van der Waals surface area (Å²) >= 11 is 0. The molecule has 1 rings (SSSR count). The third-order valence-corrected chi connectivity index (χ3v) is 2.55. The Morgan fingerprint density at radius 2 is 1.86 bits per heavy atom. The molecule has 0 bridgehead atoms. The zero-order valence-corrected chi connectivity index (χ0v) is 12.4. The molecule has 1 aromatic rings. The second-order valence-corrected chi connectivity index (χ2v) is 4.30. The maximum atomic E-state index is 11.6. The molecule has 1 amide bonds. The van der Waals surface area contributed by atoms with Crippen molar-refractivity contribution < 1.29 is 19.1 Å². The van der Waals surface area contributed by atoms with Crippen LogP contribution in [0.4, 0.5) is 5.69 Å². The molecule has 0 aliphatic carbocycles. The molecule has 0 unspecified atom stereocenters. The number of rotatable bonds is 8. The molecule has 0 aliphatic rings. The Hall–Kier alpha value is -2.30. The summed E-state index contributed by atoms with van der Waals surface area (Å²) in [5.41, 5.74) is 0.636. The Morgan fingerprint density at radius 1 is 1.14 bits per heavy atom. The van der Waals surface area contributed by atoms with Gasteiger partial charge in [-0.15, -0.1) is 0 Å². The van der Waals surface area contributed by atoms with Crippen LogP contribution in [-0.4, -0.2) is 25.1 Å². The lowest BCUT2D eigenvalue weighted by Gasteiger charge is -2.06. The fourth-order valence-corrected chi connectivity index (χ4v) is 1.49. The van der Waals surface area contributed by atoms with Gasteiger partial charge in [0.1, 0.15) is 5.75 Å². The van der Waals surface area contributed by atoms with Crippen LogP contribution in [0.25, 0.3) is 0 Å². The molecule has 0 atom stereocenters. The van der Waals surface area contributed by atoms with Gasteiger partial charge in [-0.25, -0.2) is 4.79 Å². The Labute approximate surface area is 124 Å². The first-order valence-electron chi connectivity index (χ1n) is 7.04. The molecular formula is C16H21NO4. The molecular weight excluding hydrogens is 270 g/mol. The van der Waals surface area contributed by atoms with E-state index in [4.69, 9.17) is 4.74 Å². The van der Waals surface area contributed by atoms with Gasteiger partial charge in [-0.05, 0) is 37.6 Å². The maximum absolute atomic E-state index is 11.6. The lowest BCUT2D eigenvalue weighted by atomic mass is 10.3. The Kier molecular flexibility index (Phi) is 7.64. The molecule has 0 saturated heterocycles. The standard InChI is InChI=1S/C16H21NO4/c1-3-5-12-21-14-8-6-13(7-9-14)17-15(18)10-11-16(19)20-4-2/h6-11H,3-5,12H2,1-2H3,(H,17,18)/b11-10+. The minimum Gasteiger partial charge on any atom is -0.494 e. The van der Waals surface area contributed by atoms with Crippen molar-refractivity contribution in [3.05, 3.63) is 36.4 Å². The highest BCUT2D eigenvalue weighted by molar-refractivity contribution is 6.02. The van der Waals surface area contributed by atoms with Gasteiger partial charge in [0.25, 0.3) is 0 Å². The number of nitrogens with one attached hydrogen (secondary N) is 1. The van der Waals surface area contributed by atoms with Crippen LogP contribution < -0.4 is 10.1 Å². The number of hydrogen-bond donors (Lipinski definition) is 1. The van der Waals surface area contributed by atoms with Gasteiger partial charge in [-0.2, -0.15) is 0 Å². The van der Waals surface area contributed by atoms with E-state index in [0.29, 0.717) is 12.3 Å². The van der Waals surface area contributed by atoms with E-state index in [1.807, 2.05) is 0 Å². The van der Waals surface area contributed by atoms with Gasteiger partial charge in [0.05, 0.1) is 13.2 Å². The second-order valence-electron chi connectivity index (χ2n) is 4.30. The van der Waals surface area contributed by atoms with E-state index >= 15 is 0 Å². The Balaban J connectivity index is 2.44. The molecule has 0 aliphatic heterocycles. The molecule has 0 radical (unpaired) electrons. The third-order valence-electron chi connectivity index (χ3n) is 2.55. The topological polar surface area (TPSA) is 64.6 Å². The number of anilines is 1. The predicted molar refractivity (Wildman–Crippen MR) is 81.2 cm³/mol. The van der Waals surface area contributed by atoms with Crippen molar-refractivity contribution in [3.8, 4) is 5.75 Å². The lowest BCUT2D eigenvalue weighted by molar-refractivity contribution is -0.137. The van der Waals surface area contributed by atoms with Crippen molar-refractivity contribution >= 4 is 17.6 Å². The van der Waals surface area contributed by atoms with Gasteiger partial charge in [-0.3, -0.25) is 4.79 Å². The molecule has 21 heavy (non-hydrogen) atoms. The van der Waals surface area contributed by atoms with Crippen LogP contribution >= 0.6 is 0 Å². The van der Waals surface area contributed by atoms with Crippen molar-refractivity contribution in [2.24, 2.45) is 0 Å². The number of carbonyl (C=O) groups excluding carboxylic acids is 2. The van der Waals surface area contributed by atoms with Crippen LogP contribution in [0.1, 0.15) is 26.7 Å². The van der Waals surface area contributed by atoms with Gasteiger partial charge >= 0.3 is 5.97 Å². The largest absolute Gasteiger partial charge is 0.494 e. The second kappa shape index (κ2) is 9.58. The molecule has 5 nitrogen and oxygen atoms in total. The lowest BCUT2D eigenvalue weighted by Crippen LogP contribution is -2.09. The fraction of sp³-hybridized carbons (Fsp3) is 0.375. The summed E-state index contributed by atoms with van der Waals surface area (Å²) in [5.74, 6) is -0.154. The van der Waals surface area contributed by atoms with Crippen LogP contribution in [0.15, 0.2) is 36.4 Å². The first-order chi connectivity index (χ1) is 10.2.